The molecule has 1 saturated heterocycles. The van der Waals surface area contributed by atoms with Crippen LogP contribution in [0, 0.1) is 10.1 Å². The Kier molecular flexibility index (Phi) is 8.18. The number of carbonyl (C=O) groups is 1. The third kappa shape index (κ3) is 6.44. The zero-order valence-electron chi connectivity index (χ0n) is 20.4. The molecule has 0 aliphatic carbocycles. The number of hydrogen-bond acceptors (Lipinski definition) is 10. The molecule has 2 aromatic carbocycles. The fraction of sp³-hybridized carbons (Fsp3) is 0.240. The van der Waals surface area contributed by atoms with Crippen LogP contribution in [-0.2, 0) is 9.53 Å². The Balaban J connectivity index is 1.35. The maximum absolute atomic E-state index is 12.4. The summed E-state index contributed by atoms with van der Waals surface area (Å²) >= 11 is 0. The van der Waals surface area contributed by atoms with Gasteiger partial charge in [0, 0.05) is 24.5 Å². The fourth-order valence-electron chi connectivity index (χ4n) is 3.72. The van der Waals surface area contributed by atoms with E-state index in [1.54, 1.807) is 24.3 Å². The highest BCUT2D eigenvalue weighted by Gasteiger charge is 2.21. The molecular weight excluding hydrogens is 498 g/mol. The molecule has 0 spiro atoms. The minimum absolute atomic E-state index is 0.0768. The van der Waals surface area contributed by atoms with Gasteiger partial charge in [-0.3, -0.25) is 19.7 Å². The number of methoxy groups -OCH3 is 1. The van der Waals surface area contributed by atoms with E-state index in [-0.39, 0.29) is 18.3 Å². The van der Waals surface area contributed by atoms with Crippen LogP contribution in [0.1, 0.15) is 11.4 Å². The van der Waals surface area contributed by atoms with Gasteiger partial charge in [-0.05, 0) is 48.0 Å². The summed E-state index contributed by atoms with van der Waals surface area (Å²) in [4.78, 5) is 42.0. The highest BCUT2D eigenvalue weighted by Crippen LogP contribution is 2.29. The Bertz CT molecular complexity index is 1400. The van der Waals surface area contributed by atoms with Gasteiger partial charge in [0.1, 0.15) is 5.82 Å². The first-order chi connectivity index (χ1) is 18.3. The first-order valence-electron chi connectivity index (χ1n) is 11.5. The standard InChI is InChI=1S/C25H25N5O8/c1-36-20-14-16(3-9-21-27-24(32)23(30(34)35)25(33)28-21)2-8-19(20)38-15-22(31)26-17-4-6-18(7-5-17)29-10-12-37-13-11-29/h2-9,14H,10-13,15H2,1H3,(H,26,31)(H2,27,28,32,33)/b9-3+. The molecule has 1 aliphatic rings. The first-order valence-corrected chi connectivity index (χ1v) is 11.5. The average molecular weight is 524 g/mol. The third-order valence-corrected chi connectivity index (χ3v) is 5.58. The van der Waals surface area contributed by atoms with E-state index in [0.29, 0.717) is 36.0 Å². The predicted octanol–water partition coefficient (Wildman–Crippen LogP) is 2.42. The summed E-state index contributed by atoms with van der Waals surface area (Å²) in [5.74, 6) is -0.717. The number of rotatable bonds is 9. The molecule has 3 N–H and O–H groups in total. The molecule has 3 aromatic rings. The van der Waals surface area contributed by atoms with Crippen LogP contribution in [0.5, 0.6) is 17.4 Å². The molecule has 1 aliphatic heterocycles. The summed E-state index contributed by atoms with van der Waals surface area (Å²) in [6.07, 6.45) is 2.90. The topological polar surface area (TPSA) is 169 Å². The summed E-state index contributed by atoms with van der Waals surface area (Å²) < 4.78 is 16.3. The Hall–Kier alpha value is -4.91. The first kappa shape index (κ1) is 26.2. The number of aromatic nitrogens is 2. The van der Waals surface area contributed by atoms with E-state index in [4.69, 9.17) is 14.2 Å². The summed E-state index contributed by atoms with van der Waals surface area (Å²) in [6.45, 7) is 2.79. The monoisotopic (exact) mass is 523 g/mol. The molecule has 38 heavy (non-hydrogen) atoms. The number of aromatic amines is 1. The van der Waals surface area contributed by atoms with Crippen molar-refractivity contribution in [2.75, 3.05) is 50.2 Å². The van der Waals surface area contributed by atoms with Crippen molar-refractivity contribution in [3.8, 4) is 17.4 Å². The molecule has 4 rings (SSSR count). The second kappa shape index (κ2) is 11.9. The number of nitrogens with one attached hydrogen (secondary N) is 2. The number of nitro groups is 1. The lowest BCUT2D eigenvalue weighted by molar-refractivity contribution is -0.387. The average Bonchev–Trinajstić information content (AvgIpc) is 2.91. The van der Waals surface area contributed by atoms with E-state index in [0.717, 1.165) is 18.8 Å². The molecule has 1 amide bonds. The van der Waals surface area contributed by atoms with Crippen LogP contribution in [0.4, 0.5) is 17.1 Å². The van der Waals surface area contributed by atoms with Gasteiger partial charge >= 0.3 is 11.2 Å². The lowest BCUT2D eigenvalue weighted by Gasteiger charge is -2.28. The van der Waals surface area contributed by atoms with Crippen LogP contribution in [-0.4, -0.2) is 65.9 Å². The van der Waals surface area contributed by atoms with Crippen LogP contribution in [0.15, 0.2) is 47.3 Å². The maximum atomic E-state index is 12.4. The van der Waals surface area contributed by atoms with E-state index >= 15 is 0 Å². The predicted molar refractivity (Wildman–Crippen MR) is 139 cm³/mol. The molecule has 13 heteroatoms. The Morgan fingerprint density at radius 1 is 1.21 bits per heavy atom. The fourth-order valence-corrected chi connectivity index (χ4v) is 3.72. The number of carbonyl (C=O) groups excluding carboxylic acids is 1. The van der Waals surface area contributed by atoms with Crippen molar-refractivity contribution >= 4 is 35.1 Å². The van der Waals surface area contributed by atoms with Crippen molar-refractivity contribution in [3.63, 3.8) is 0 Å². The number of anilines is 2. The number of morpholine rings is 1. The Morgan fingerprint density at radius 2 is 1.95 bits per heavy atom. The molecule has 1 aromatic heterocycles. The molecule has 0 unspecified atom stereocenters. The van der Waals surface area contributed by atoms with Gasteiger partial charge in [0.25, 0.3) is 11.8 Å². The summed E-state index contributed by atoms with van der Waals surface area (Å²) in [6, 6.07) is 12.4. The number of nitrogens with zero attached hydrogens (tertiary/aromatic N) is 3. The number of aromatic hydroxyl groups is 1. The maximum Gasteiger partial charge on any atom is 0.395 e. The molecule has 0 radical (unpaired) electrons. The van der Waals surface area contributed by atoms with Crippen LogP contribution in [0.25, 0.3) is 12.2 Å². The summed E-state index contributed by atoms with van der Waals surface area (Å²) in [5, 5.41) is 23.2. The lowest BCUT2D eigenvalue weighted by Crippen LogP contribution is -2.36. The summed E-state index contributed by atoms with van der Waals surface area (Å²) in [5.41, 5.74) is 0.217. The zero-order valence-corrected chi connectivity index (χ0v) is 20.4. The molecule has 198 valence electrons. The van der Waals surface area contributed by atoms with Crippen LogP contribution in [0.3, 0.4) is 0 Å². The van der Waals surface area contributed by atoms with Crippen molar-refractivity contribution in [1.82, 2.24) is 9.97 Å². The van der Waals surface area contributed by atoms with Gasteiger partial charge in [-0.15, -0.1) is 0 Å². The van der Waals surface area contributed by atoms with Gasteiger partial charge in [-0.25, -0.2) is 0 Å². The van der Waals surface area contributed by atoms with Crippen molar-refractivity contribution in [2.24, 2.45) is 0 Å². The molecule has 13 nitrogen and oxygen atoms in total. The lowest BCUT2D eigenvalue weighted by atomic mass is 10.2. The highest BCUT2D eigenvalue weighted by molar-refractivity contribution is 5.92. The van der Waals surface area contributed by atoms with Crippen LogP contribution in [0.2, 0.25) is 0 Å². The minimum atomic E-state index is -1.07. The molecule has 0 saturated carbocycles. The van der Waals surface area contributed by atoms with Crippen molar-refractivity contribution < 1.29 is 29.0 Å². The largest absolute Gasteiger partial charge is 0.493 e. The van der Waals surface area contributed by atoms with Gasteiger partial charge in [0.15, 0.2) is 18.1 Å². The Morgan fingerprint density at radius 3 is 2.61 bits per heavy atom. The third-order valence-electron chi connectivity index (χ3n) is 5.58. The number of ether oxygens (including phenoxy) is 3. The molecule has 0 bridgehead atoms. The van der Waals surface area contributed by atoms with Crippen LogP contribution < -0.4 is 25.2 Å². The number of hydrogen-bond donors (Lipinski definition) is 3. The summed E-state index contributed by atoms with van der Waals surface area (Å²) in [7, 11) is 1.44. The van der Waals surface area contributed by atoms with Crippen molar-refractivity contribution in [1.29, 1.82) is 0 Å². The number of H-pyrrole nitrogens is 1. The van der Waals surface area contributed by atoms with E-state index in [1.807, 2.05) is 24.3 Å². The number of benzene rings is 2. The Labute approximate surface area is 216 Å². The molecular formula is C25H25N5O8. The minimum Gasteiger partial charge on any atom is -0.493 e. The van der Waals surface area contributed by atoms with Crippen molar-refractivity contribution in [2.45, 2.75) is 0 Å². The van der Waals surface area contributed by atoms with Crippen LogP contribution >= 0.6 is 0 Å². The van der Waals surface area contributed by atoms with E-state index in [1.165, 1.54) is 13.2 Å². The second-order valence-electron chi connectivity index (χ2n) is 8.11. The van der Waals surface area contributed by atoms with Crippen molar-refractivity contribution in [3.05, 3.63) is 74.3 Å². The van der Waals surface area contributed by atoms with Gasteiger partial charge in [-0.2, -0.15) is 4.98 Å². The molecule has 1 fully saturated rings. The molecule has 2 heterocycles. The molecule has 0 atom stereocenters. The van der Waals surface area contributed by atoms with Gasteiger partial charge in [0.2, 0.25) is 0 Å². The quantitative estimate of drug-likeness (QED) is 0.280. The normalized spacial score (nSPS) is 13.3. The van der Waals surface area contributed by atoms with E-state index in [2.05, 4.69) is 20.2 Å². The van der Waals surface area contributed by atoms with E-state index in [9.17, 15) is 24.8 Å². The van der Waals surface area contributed by atoms with Gasteiger partial charge in [0.05, 0.1) is 25.2 Å². The SMILES string of the molecule is COc1cc(/C=C/c2nc(O)c([N+](=O)[O-])c(=O)[nH]2)ccc1OCC(=O)Nc1ccc(N2CCOCC2)cc1. The highest BCUT2D eigenvalue weighted by atomic mass is 16.6. The van der Waals surface area contributed by atoms with E-state index < -0.39 is 22.0 Å². The van der Waals surface area contributed by atoms with Gasteiger partial charge in [-0.1, -0.05) is 12.1 Å². The number of amides is 1. The second-order valence-corrected chi connectivity index (χ2v) is 8.11. The zero-order chi connectivity index (χ0) is 27.1. The smallest absolute Gasteiger partial charge is 0.395 e. The van der Waals surface area contributed by atoms with Gasteiger partial charge < -0.3 is 34.5 Å².